The number of benzene rings is 2. The highest BCUT2D eigenvalue weighted by molar-refractivity contribution is 7.99. The van der Waals surface area contributed by atoms with Gasteiger partial charge < -0.3 is 5.32 Å². The van der Waals surface area contributed by atoms with Crippen molar-refractivity contribution in [1.29, 1.82) is 0 Å². The normalized spacial score (nSPS) is 19.5. The zero-order valence-electron chi connectivity index (χ0n) is 16.2. The third-order valence-electron chi connectivity index (χ3n) is 5.58. The molecule has 2 aliphatic heterocycles. The van der Waals surface area contributed by atoms with Gasteiger partial charge in [-0.15, -0.1) is 11.8 Å². The summed E-state index contributed by atoms with van der Waals surface area (Å²) in [5.41, 5.74) is 3.97. The lowest BCUT2D eigenvalue weighted by atomic mass is 10.0. The highest BCUT2D eigenvalue weighted by Gasteiger charge is 2.25. The van der Waals surface area contributed by atoms with Gasteiger partial charge in [0.15, 0.2) is 5.78 Å². The summed E-state index contributed by atoms with van der Waals surface area (Å²) in [6.45, 7) is 5.84. The molecule has 0 radical (unpaired) electrons. The summed E-state index contributed by atoms with van der Waals surface area (Å²) in [6, 6.07) is 14.2. The molecule has 1 saturated heterocycles. The van der Waals surface area contributed by atoms with Crippen LogP contribution in [0.3, 0.4) is 0 Å². The first-order valence-electron chi connectivity index (χ1n) is 9.95. The maximum atomic E-state index is 12.7. The number of rotatable bonds is 5. The molecule has 28 heavy (non-hydrogen) atoms. The molecule has 4 rings (SSSR count). The van der Waals surface area contributed by atoms with Crippen molar-refractivity contribution in [2.75, 3.05) is 25.4 Å². The van der Waals surface area contributed by atoms with Gasteiger partial charge in [0.25, 0.3) is 5.91 Å². The molecular formula is C23H26N2O2S. The number of amides is 1. The Morgan fingerprint density at radius 2 is 2.04 bits per heavy atom. The average molecular weight is 395 g/mol. The van der Waals surface area contributed by atoms with Crippen molar-refractivity contribution in [3.8, 4) is 0 Å². The summed E-state index contributed by atoms with van der Waals surface area (Å²) >= 11 is 1.62. The van der Waals surface area contributed by atoms with E-state index >= 15 is 0 Å². The quantitative estimate of drug-likeness (QED) is 0.835. The van der Waals surface area contributed by atoms with Gasteiger partial charge in [-0.25, -0.2) is 0 Å². The lowest BCUT2D eigenvalue weighted by molar-refractivity contribution is 0.0944. The van der Waals surface area contributed by atoms with E-state index in [0.717, 1.165) is 36.7 Å². The van der Waals surface area contributed by atoms with Gasteiger partial charge in [0.1, 0.15) is 0 Å². The van der Waals surface area contributed by atoms with Gasteiger partial charge in [0, 0.05) is 42.3 Å². The van der Waals surface area contributed by atoms with Crippen LogP contribution >= 0.6 is 11.8 Å². The van der Waals surface area contributed by atoms with E-state index in [1.165, 1.54) is 11.1 Å². The summed E-state index contributed by atoms with van der Waals surface area (Å²) in [4.78, 5) is 28.1. The molecule has 2 heterocycles. The zero-order chi connectivity index (χ0) is 19.5. The average Bonchev–Trinajstić information content (AvgIpc) is 3.15. The first-order chi connectivity index (χ1) is 13.6. The maximum Gasteiger partial charge on any atom is 0.252 e. The fraction of sp³-hybridized carbons (Fsp3) is 0.391. The maximum absolute atomic E-state index is 12.7. The number of aryl methyl sites for hydroxylation is 1. The Balaban J connectivity index is 1.32. The minimum absolute atomic E-state index is 0.0592. The molecule has 0 saturated carbocycles. The minimum Gasteiger partial charge on any atom is -0.352 e. The van der Waals surface area contributed by atoms with Gasteiger partial charge >= 0.3 is 0 Å². The van der Waals surface area contributed by atoms with E-state index in [0.29, 0.717) is 30.0 Å². The smallest absolute Gasteiger partial charge is 0.252 e. The van der Waals surface area contributed by atoms with E-state index in [-0.39, 0.29) is 11.7 Å². The van der Waals surface area contributed by atoms with Crippen LogP contribution in [0.25, 0.3) is 0 Å². The van der Waals surface area contributed by atoms with Gasteiger partial charge in [-0.1, -0.05) is 42.0 Å². The molecule has 0 spiro atoms. The highest BCUT2D eigenvalue weighted by Crippen LogP contribution is 2.33. The number of ketones is 1. The number of nitrogens with one attached hydrogen (secondary N) is 1. The largest absolute Gasteiger partial charge is 0.352 e. The molecule has 0 unspecified atom stereocenters. The minimum atomic E-state index is -0.0592. The molecule has 146 valence electrons. The summed E-state index contributed by atoms with van der Waals surface area (Å²) in [5, 5.41) is 3.11. The first-order valence-corrected chi connectivity index (χ1v) is 10.9. The molecule has 4 nitrogen and oxygen atoms in total. The second kappa shape index (κ2) is 8.50. The summed E-state index contributed by atoms with van der Waals surface area (Å²) in [5.74, 6) is 1.32. The SMILES string of the molecule is Cc1ccc(CN2CC[C@H](CNC(=O)c3cccc4c3SCCC4=O)C2)cc1. The van der Waals surface area contributed by atoms with Gasteiger partial charge in [-0.2, -0.15) is 0 Å². The molecule has 2 aromatic rings. The van der Waals surface area contributed by atoms with E-state index in [1.54, 1.807) is 11.8 Å². The Hall–Kier alpha value is -2.11. The van der Waals surface area contributed by atoms with Crippen LogP contribution in [0.4, 0.5) is 0 Å². The number of hydrogen-bond acceptors (Lipinski definition) is 4. The number of carbonyl (C=O) groups is 2. The molecule has 0 bridgehead atoms. The molecular weight excluding hydrogens is 368 g/mol. The molecule has 0 aliphatic carbocycles. The van der Waals surface area contributed by atoms with Crippen molar-refractivity contribution in [1.82, 2.24) is 10.2 Å². The van der Waals surface area contributed by atoms with Crippen LogP contribution in [-0.2, 0) is 6.54 Å². The van der Waals surface area contributed by atoms with Crippen LogP contribution in [0.2, 0.25) is 0 Å². The lowest BCUT2D eigenvalue weighted by Crippen LogP contribution is -2.31. The summed E-state index contributed by atoms with van der Waals surface area (Å²) in [7, 11) is 0. The Bertz CT molecular complexity index is 879. The van der Waals surface area contributed by atoms with Crippen LogP contribution in [0.5, 0.6) is 0 Å². The molecule has 1 amide bonds. The van der Waals surface area contributed by atoms with E-state index < -0.39 is 0 Å². The highest BCUT2D eigenvalue weighted by atomic mass is 32.2. The molecule has 2 aromatic carbocycles. The molecule has 1 atom stereocenters. The first kappa shape index (κ1) is 19.2. The predicted molar refractivity (Wildman–Crippen MR) is 113 cm³/mol. The van der Waals surface area contributed by atoms with E-state index in [2.05, 4.69) is 41.4 Å². The molecule has 5 heteroatoms. The number of likely N-dealkylation sites (tertiary alicyclic amines) is 1. The van der Waals surface area contributed by atoms with Crippen molar-refractivity contribution < 1.29 is 9.59 Å². The second-order valence-electron chi connectivity index (χ2n) is 7.79. The van der Waals surface area contributed by atoms with Gasteiger partial charge in [0.05, 0.1) is 5.56 Å². The van der Waals surface area contributed by atoms with E-state index in [1.807, 2.05) is 18.2 Å². The standard InChI is InChI=1S/C23H26N2O2S/c1-16-5-7-17(8-6-16)14-25-11-9-18(15-25)13-24-23(27)20-4-2-3-19-21(26)10-12-28-22(19)20/h2-8,18H,9-15H2,1H3,(H,24,27)/t18-/m1/s1. The third-order valence-corrected chi connectivity index (χ3v) is 6.72. The number of hydrogen-bond donors (Lipinski definition) is 1. The number of fused-ring (bicyclic) bond motifs is 1. The zero-order valence-corrected chi connectivity index (χ0v) is 17.1. The Labute approximate surface area is 170 Å². The fourth-order valence-corrected chi connectivity index (χ4v) is 5.12. The van der Waals surface area contributed by atoms with Crippen LogP contribution in [0.15, 0.2) is 47.4 Å². The second-order valence-corrected chi connectivity index (χ2v) is 8.89. The van der Waals surface area contributed by atoms with Gasteiger partial charge in [-0.05, 0) is 37.4 Å². The monoisotopic (exact) mass is 394 g/mol. The number of nitrogens with zero attached hydrogens (tertiary/aromatic N) is 1. The number of carbonyl (C=O) groups excluding carboxylic acids is 2. The van der Waals surface area contributed by atoms with Crippen LogP contribution in [0, 0.1) is 12.8 Å². The Morgan fingerprint density at radius 1 is 1.21 bits per heavy atom. The summed E-state index contributed by atoms with van der Waals surface area (Å²) in [6.07, 6.45) is 1.66. The van der Waals surface area contributed by atoms with Gasteiger partial charge in [0.2, 0.25) is 0 Å². The van der Waals surface area contributed by atoms with Crippen molar-refractivity contribution in [3.63, 3.8) is 0 Å². The Morgan fingerprint density at radius 3 is 2.86 bits per heavy atom. The van der Waals surface area contributed by atoms with Crippen LogP contribution in [0.1, 0.15) is 44.7 Å². The third kappa shape index (κ3) is 4.31. The topological polar surface area (TPSA) is 49.4 Å². The number of thioether (sulfide) groups is 1. The van der Waals surface area contributed by atoms with Crippen molar-refractivity contribution >= 4 is 23.5 Å². The molecule has 0 aromatic heterocycles. The molecule has 1 fully saturated rings. The lowest BCUT2D eigenvalue weighted by Gasteiger charge is -2.19. The van der Waals surface area contributed by atoms with E-state index in [9.17, 15) is 9.59 Å². The van der Waals surface area contributed by atoms with Gasteiger partial charge in [-0.3, -0.25) is 14.5 Å². The van der Waals surface area contributed by atoms with Crippen LogP contribution < -0.4 is 5.32 Å². The van der Waals surface area contributed by atoms with Crippen molar-refractivity contribution in [3.05, 3.63) is 64.7 Å². The van der Waals surface area contributed by atoms with E-state index in [4.69, 9.17) is 0 Å². The molecule has 1 N–H and O–H groups in total. The van der Waals surface area contributed by atoms with Crippen molar-refractivity contribution in [2.24, 2.45) is 5.92 Å². The summed E-state index contributed by atoms with van der Waals surface area (Å²) < 4.78 is 0. The van der Waals surface area contributed by atoms with Crippen LogP contribution in [-0.4, -0.2) is 42.0 Å². The number of Topliss-reactive ketones (excluding diaryl/α,β-unsaturated/α-hetero) is 1. The molecule has 2 aliphatic rings. The Kier molecular flexibility index (Phi) is 5.83. The van der Waals surface area contributed by atoms with Crippen molar-refractivity contribution in [2.45, 2.75) is 31.2 Å². The fourth-order valence-electron chi connectivity index (χ4n) is 3.98. The predicted octanol–water partition coefficient (Wildman–Crippen LogP) is 3.93.